The lowest BCUT2D eigenvalue weighted by atomic mass is 10.1. The van der Waals surface area contributed by atoms with Crippen molar-refractivity contribution in [3.63, 3.8) is 0 Å². The molecule has 150 valence electrons. The number of hydrogen-bond acceptors (Lipinski definition) is 5. The zero-order chi connectivity index (χ0) is 20.9. The molecule has 0 bridgehead atoms. The number of carbonyl (C=O) groups is 1. The Morgan fingerprint density at radius 1 is 1.00 bits per heavy atom. The standard InChI is InChI=1S/C24H21N3O3/c1-17-9-8-10-18(15-17)23-25-24(30-26-23)20-13-6-7-14-21(20)29-16-22(28)27(2)19-11-4-3-5-12-19/h3-15H,16H2,1-2H3. The third-order valence-corrected chi connectivity index (χ3v) is 4.69. The van der Waals surface area contributed by atoms with Crippen LogP contribution in [0.25, 0.3) is 22.8 Å². The summed E-state index contributed by atoms with van der Waals surface area (Å²) in [5, 5.41) is 4.09. The summed E-state index contributed by atoms with van der Waals surface area (Å²) in [6, 6.07) is 24.6. The lowest BCUT2D eigenvalue weighted by Crippen LogP contribution is -2.31. The highest BCUT2D eigenvalue weighted by atomic mass is 16.5. The van der Waals surface area contributed by atoms with E-state index in [0.717, 1.165) is 16.8 Å². The Bertz CT molecular complexity index is 1160. The van der Waals surface area contributed by atoms with Gasteiger partial charge < -0.3 is 14.2 Å². The van der Waals surface area contributed by atoms with E-state index in [9.17, 15) is 4.79 Å². The number of benzene rings is 3. The Balaban J connectivity index is 1.51. The minimum atomic E-state index is -0.165. The predicted molar refractivity (Wildman–Crippen MR) is 115 cm³/mol. The van der Waals surface area contributed by atoms with Crippen LogP contribution in [0.1, 0.15) is 5.56 Å². The van der Waals surface area contributed by atoms with E-state index >= 15 is 0 Å². The van der Waals surface area contributed by atoms with Crippen LogP contribution in [-0.4, -0.2) is 29.7 Å². The van der Waals surface area contributed by atoms with E-state index in [4.69, 9.17) is 9.26 Å². The second kappa shape index (κ2) is 8.61. The second-order valence-corrected chi connectivity index (χ2v) is 6.87. The number of rotatable bonds is 6. The van der Waals surface area contributed by atoms with E-state index in [0.29, 0.717) is 23.0 Å². The first-order chi connectivity index (χ1) is 14.6. The van der Waals surface area contributed by atoms with Crippen molar-refractivity contribution in [2.75, 3.05) is 18.6 Å². The molecule has 0 radical (unpaired) electrons. The summed E-state index contributed by atoms with van der Waals surface area (Å²) < 4.78 is 11.3. The summed E-state index contributed by atoms with van der Waals surface area (Å²) >= 11 is 0. The van der Waals surface area contributed by atoms with Crippen LogP contribution in [0.3, 0.4) is 0 Å². The Morgan fingerprint density at radius 3 is 2.57 bits per heavy atom. The quantitative estimate of drug-likeness (QED) is 0.468. The van der Waals surface area contributed by atoms with Gasteiger partial charge in [-0.2, -0.15) is 4.98 Å². The zero-order valence-electron chi connectivity index (χ0n) is 16.8. The van der Waals surface area contributed by atoms with Gasteiger partial charge in [-0.3, -0.25) is 4.79 Å². The van der Waals surface area contributed by atoms with Gasteiger partial charge in [-0.1, -0.05) is 59.3 Å². The molecule has 1 aromatic heterocycles. The zero-order valence-corrected chi connectivity index (χ0v) is 16.8. The predicted octanol–water partition coefficient (Wildman–Crippen LogP) is 4.75. The van der Waals surface area contributed by atoms with Gasteiger partial charge in [-0.05, 0) is 37.3 Å². The van der Waals surface area contributed by atoms with Gasteiger partial charge in [0.05, 0.1) is 5.56 Å². The number of aromatic nitrogens is 2. The van der Waals surface area contributed by atoms with E-state index in [-0.39, 0.29) is 12.5 Å². The van der Waals surface area contributed by atoms with Gasteiger partial charge in [-0.15, -0.1) is 0 Å². The molecule has 0 unspecified atom stereocenters. The Hall–Kier alpha value is -3.93. The number of ether oxygens (including phenoxy) is 1. The normalized spacial score (nSPS) is 10.6. The highest BCUT2D eigenvalue weighted by molar-refractivity contribution is 5.93. The summed E-state index contributed by atoms with van der Waals surface area (Å²) in [6.45, 7) is 1.90. The molecule has 6 heteroatoms. The first-order valence-electron chi connectivity index (χ1n) is 9.56. The summed E-state index contributed by atoms with van der Waals surface area (Å²) in [7, 11) is 1.72. The highest BCUT2D eigenvalue weighted by Gasteiger charge is 2.17. The molecule has 0 spiro atoms. The number of para-hydroxylation sites is 2. The monoisotopic (exact) mass is 399 g/mol. The lowest BCUT2D eigenvalue weighted by Gasteiger charge is -2.18. The van der Waals surface area contributed by atoms with Crippen molar-refractivity contribution in [3.05, 3.63) is 84.4 Å². The molecule has 0 aliphatic rings. The molecule has 0 aliphatic carbocycles. The number of likely N-dealkylation sites (N-methyl/N-ethyl adjacent to an activating group) is 1. The Labute approximate surface area is 174 Å². The van der Waals surface area contributed by atoms with Gasteiger partial charge in [0, 0.05) is 18.3 Å². The molecule has 0 saturated carbocycles. The molecule has 0 atom stereocenters. The van der Waals surface area contributed by atoms with Gasteiger partial charge in [0.1, 0.15) is 5.75 Å². The fourth-order valence-electron chi connectivity index (χ4n) is 3.04. The van der Waals surface area contributed by atoms with Crippen molar-refractivity contribution in [3.8, 4) is 28.6 Å². The van der Waals surface area contributed by atoms with Gasteiger partial charge in [0.25, 0.3) is 11.8 Å². The van der Waals surface area contributed by atoms with Crippen LogP contribution >= 0.6 is 0 Å². The molecule has 0 N–H and O–H groups in total. The smallest absolute Gasteiger partial charge is 0.264 e. The van der Waals surface area contributed by atoms with Crippen LogP contribution < -0.4 is 9.64 Å². The Morgan fingerprint density at radius 2 is 1.77 bits per heavy atom. The fourth-order valence-corrected chi connectivity index (χ4v) is 3.04. The molecule has 30 heavy (non-hydrogen) atoms. The second-order valence-electron chi connectivity index (χ2n) is 6.87. The molecular weight excluding hydrogens is 378 g/mol. The van der Waals surface area contributed by atoms with Crippen molar-refractivity contribution >= 4 is 11.6 Å². The van der Waals surface area contributed by atoms with Crippen molar-refractivity contribution in [2.45, 2.75) is 6.92 Å². The molecule has 0 aliphatic heterocycles. The van der Waals surface area contributed by atoms with Crippen molar-refractivity contribution in [2.24, 2.45) is 0 Å². The van der Waals surface area contributed by atoms with Crippen molar-refractivity contribution in [1.82, 2.24) is 10.1 Å². The first kappa shape index (κ1) is 19.4. The molecule has 4 aromatic rings. The molecule has 1 heterocycles. The summed E-state index contributed by atoms with van der Waals surface area (Å²) in [6.07, 6.45) is 0. The molecule has 1 amide bonds. The maximum Gasteiger partial charge on any atom is 0.264 e. The van der Waals surface area contributed by atoms with Gasteiger partial charge >= 0.3 is 0 Å². The third-order valence-electron chi connectivity index (χ3n) is 4.69. The maximum atomic E-state index is 12.5. The van der Waals surface area contributed by atoms with E-state index in [2.05, 4.69) is 10.1 Å². The average Bonchev–Trinajstić information content (AvgIpc) is 3.28. The average molecular weight is 399 g/mol. The minimum absolute atomic E-state index is 0.110. The molecule has 3 aromatic carbocycles. The fraction of sp³-hybridized carbons (Fsp3) is 0.125. The summed E-state index contributed by atoms with van der Waals surface area (Å²) in [5.74, 6) is 1.18. The van der Waals surface area contributed by atoms with Gasteiger partial charge in [0.2, 0.25) is 5.82 Å². The largest absolute Gasteiger partial charge is 0.483 e. The topological polar surface area (TPSA) is 68.5 Å². The Kier molecular flexibility index (Phi) is 5.57. The number of hydrogen-bond donors (Lipinski definition) is 0. The third kappa shape index (κ3) is 4.22. The van der Waals surface area contributed by atoms with E-state index in [1.54, 1.807) is 18.0 Å². The van der Waals surface area contributed by atoms with Crippen LogP contribution in [-0.2, 0) is 4.79 Å². The van der Waals surface area contributed by atoms with Crippen molar-refractivity contribution < 1.29 is 14.1 Å². The minimum Gasteiger partial charge on any atom is -0.483 e. The van der Waals surface area contributed by atoms with E-state index in [1.165, 1.54) is 0 Å². The molecule has 0 saturated heterocycles. The van der Waals surface area contributed by atoms with E-state index < -0.39 is 0 Å². The molecule has 0 fully saturated rings. The maximum absolute atomic E-state index is 12.5. The number of nitrogens with zero attached hydrogens (tertiary/aromatic N) is 3. The summed E-state index contributed by atoms with van der Waals surface area (Å²) in [5.41, 5.74) is 3.44. The van der Waals surface area contributed by atoms with Gasteiger partial charge in [-0.25, -0.2) is 0 Å². The van der Waals surface area contributed by atoms with Crippen LogP contribution in [0.2, 0.25) is 0 Å². The number of carbonyl (C=O) groups excluding carboxylic acids is 1. The number of anilines is 1. The van der Waals surface area contributed by atoms with Gasteiger partial charge in [0.15, 0.2) is 6.61 Å². The summed E-state index contributed by atoms with van der Waals surface area (Å²) in [4.78, 5) is 18.6. The van der Waals surface area contributed by atoms with Crippen LogP contribution in [0, 0.1) is 6.92 Å². The van der Waals surface area contributed by atoms with Crippen LogP contribution in [0.15, 0.2) is 83.4 Å². The number of aryl methyl sites for hydroxylation is 1. The lowest BCUT2D eigenvalue weighted by molar-refractivity contribution is -0.120. The molecule has 6 nitrogen and oxygen atoms in total. The first-order valence-corrected chi connectivity index (χ1v) is 9.56. The van der Waals surface area contributed by atoms with Crippen LogP contribution in [0.4, 0.5) is 5.69 Å². The van der Waals surface area contributed by atoms with Crippen molar-refractivity contribution in [1.29, 1.82) is 0 Å². The SMILES string of the molecule is Cc1cccc(-c2noc(-c3ccccc3OCC(=O)N(C)c3ccccc3)n2)c1. The molecule has 4 rings (SSSR count). The van der Waals surface area contributed by atoms with E-state index in [1.807, 2.05) is 79.7 Å². The number of amides is 1. The van der Waals surface area contributed by atoms with Crippen LogP contribution in [0.5, 0.6) is 5.75 Å². The molecular formula is C24H21N3O3. The highest BCUT2D eigenvalue weighted by Crippen LogP contribution is 2.30.